The van der Waals surface area contributed by atoms with Crippen molar-refractivity contribution in [2.45, 2.75) is 58.5 Å². The molecule has 1 saturated carbocycles. The van der Waals surface area contributed by atoms with Crippen molar-refractivity contribution in [3.8, 4) is 0 Å². The molecule has 1 saturated heterocycles. The van der Waals surface area contributed by atoms with Crippen LogP contribution in [0.3, 0.4) is 0 Å². The zero-order valence-electron chi connectivity index (χ0n) is 8.85. The van der Waals surface area contributed by atoms with E-state index in [1.807, 2.05) is 0 Å². The van der Waals surface area contributed by atoms with Gasteiger partial charge in [-0.15, -0.1) is 0 Å². The van der Waals surface area contributed by atoms with Gasteiger partial charge < -0.3 is 0 Å². The summed E-state index contributed by atoms with van der Waals surface area (Å²) in [5, 5.41) is 0. The maximum Gasteiger partial charge on any atom is 0.0234 e. The first-order valence-corrected chi connectivity index (χ1v) is 5.22. The standard InChI is InChI=1S/C11H21N/c1-9(2)12-6-5-11(12)7-10(3,4)8-11/h9H,5-8H2,1-4H3. The monoisotopic (exact) mass is 167 g/mol. The van der Waals surface area contributed by atoms with Crippen molar-refractivity contribution in [1.29, 1.82) is 0 Å². The van der Waals surface area contributed by atoms with Gasteiger partial charge in [0, 0.05) is 18.1 Å². The Hall–Kier alpha value is -0.0400. The summed E-state index contributed by atoms with van der Waals surface area (Å²) in [7, 11) is 0. The van der Waals surface area contributed by atoms with Crippen LogP contribution in [0.25, 0.3) is 0 Å². The topological polar surface area (TPSA) is 3.24 Å². The first kappa shape index (κ1) is 8.55. The normalized spacial score (nSPS) is 31.8. The van der Waals surface area contributed by atoms with Crippen molar-refractivity contribution in [3.63, 3.8) is 0 Å². The smallest absolute Gasteiger partial charge is 0.0234 e. The van der Waals surface area contributed by atoms with Gasteiger partial charge in [0.2, 0.25) is 0 Å². The minimum Gasteiger partial charge on any atom is -0.295 e. The van der Waals surface area contributed by atoms with Gasteiger partial charge in [-0.25, -0.2) is 0 Å². The second-order valence-corrected chi connectivity index (χ2v) is 5.78. The molecule has 0 aromatic carbocycles. The molecule has 2 rings (SSSR count). The molecule has 2 fully saturated rings. The molecule has 1 nitrogen and oxygen atoms in total. The lowest BCUT2D eigenvalue weighted by molar-refractivity contribution is -0.151. The molecule has 70 valence electrons. The Morgan fingerprint density at radius 3 is 2.00 bits per heavy atom. The van der Waals surface area contributed by atoms with E-state index in [2.05, 4.69) is 32.6 Å². The Balaban J connectivity index is 1.99. The van der Waals surface area contributed by atoms with Gasteiger partial charge in [0.1, 0.15) is 0 Å². The third kappa shape index (κ3) is 1.02. The van der Waals surface area contributed by atoms with Crippen LogP contribution >= 0.6 is 0 Å². The molecule has 1 heterocycles. The van der Waals surface area contributed by atoms with Gasteiger partial charge in [0.15, 0.2) is 0 Å². The first-order valence-electron chi connectivity index (χ1n) is 5.22. The highest BCUT2D eigenvalue weighted by Gasteiger charge is 2.57. The third-order valence-electron chi connectivity index (χ3n) is 3.67. The van der Waals surface area contributed by atoms with Crippen LogP contribution in [0.15, 0.2) is 0 Å². The van der Waals surface area contributed by atoms with E-state index in [1.54, 1.807) is 0 Å². The molecule has 0 aromatic rings. The molecule has 0 radical (unpaired) electrons. The molecule has 0 amide bonds. The van der Waals surface area contributed by atoms with Crippen LogP contribution in [0.1, 0.15) is 47.0 Å². The zero-order chi connectivity index (χ0) is 8.98. The largest absolute Gasteiger partial charge is 0.295 e. The van der Waals surface area contributed by atoms with Gasteiger partial charge in [-0.3, -0.25) is 4.90 Å². The molecule has 0 atom stereocenters. The summed E-state index contributed by atoms with van der Waals surface area (Å²) in [4.78, 5) is 2.69. The Morgan fingerprint density at radius 2 is 1.75 bits per heavy atom. The van der Waals surface area contributed by atoms with E-state index < -0.39 is 0 Å². The first-order chi connectivity index (χ1) is 5.45. The number of rotatable bonds is 1. The van der Waals surface area contributed by atoms with Crippen molar-refractivity contribution >= 4 is 0 Å². The zero-order valence-corrected chi connectivity index (χ0v) is 8.85. The van der Waals surface area contributed by atoms with Crippen molar-refractivity contribution in [2.24, 2.45) is 5.41 Å². The summed E-state index contributed by atoms with van der Waals surface area (Å²) in [6, 6.07) is 0.759. The van der Waals surface area contributed by atoms with Crippen molar-refractivity contribution < 1.29 is 0 Å². The van der Waals surface area contributed by atoms with Crippen molar-refractivity contribution in [3.05, 3.63) is 0 Å². The molecule has 0 bridgehead atoms. The summed E-state index contributed by atoms with van der Waals surface area (Å²) >= 11 is 0. The van der Waals surface area contributed by atoms with Crippen molar-refractivity contribution in [2.75, 3.05) is 6.54 Å². The van der Waals surface area contributed by atoms with Crippen LogP contribution in [0.5, 0.6) is 0 Å². The Bertz CT molecular complexity index is 185. The Morgan fingerprint density at radius 1 is 1.17 bits per heavy atom. The quantitative estimate of drug-likeness (QED) is 0.580. The summed E-state index contributed by atoms with van der Waals surface area (Å²) in [6.07, 6.45) is 4.31. The van der Waals surface area contributed by atoms with E-state index in [-0.39, 0.29) is 0 Å². The van der Waals surface area contributed by atoms with E-state index >= 15 is 0 Å². The average Bonchev–Trinajstić information content (AvgIpc) is 1.77. The molecule has 1 heteroatoms. The lowest BCUT2D eigenvalue weighted by Crippen LogP contribution is -2.70. The molecular formula is C11H21N. The van der Waals surface area contributed by atoms with E-state index in [0.717, 1.165) is 6.04 Å². The fourth-order valence-corrected chi connectivity index (χ4v) is 3.47. The van der Waals surface area contributed by atoms with Crippen LogP contribution in [0.4, 0.5) is 0 Å². The molecule has 1 aliphatic carbocycles. The van der Waals surface area contributed by atoms with Gasteiger partial charge in [-0.2, -0.15) is 0 Å². The molecular weight excluding hydrogens is 146 g/mol. The van der Waals surface area contributed by atoms with E-state index in [0.29, 0.717) is 11.0 Å². The average molecular weight is 167 g/mol. The van der Waals surface area contributed by atoms with Gasteiger partial charge in [-0.1, -0.05) is 13.8 Å². The van der Waals surface area contributed by atoms with Crippen LogP contribution in [0.2, 0.25) is 0 Å². The van der Waals surface area contributed by atoms with E-state index in [9.17, 15) is 0 Å². The fourth-order valence-electron chi connectivity index (χ4n) is 3.47. The Labute approximate surface area is 76.1 Å². The van der Waals surface area contributed by atoms with E-state index in [1.165, 1.54) is 25.8 Å². The van der Waals surface area contributed by atoms with Crippen molar-refractivity contribution in [1.82, 2.24) is 4.90 Å². The molecule has 1 spiro atoms. The number of hydrogen-bond donors (Lipinski definition) is 0. The second-order valence-electron chi connectivity index (χ2n) is 5.78. The summed E-state index contributed by atoms with van der Waals surface area (Å²) in [5.74, 6) is 0. The highest BCUT2D eigenvalue weighted by Crippen LogP contribution is 2.57. The predicted octanol–water partition coefficient (Wildman–Crippen LogP) is 2.66. The summed E-state index contributed by atoms with van der Waals surface area (Å²) in [6.45, 7) is 10.8. The minimum absolute atomic E-state index is 0.633. The highest BCUT2D eigenvalue weighted by atomic mass is 15.3. The molecule has 12 heavy (non-hydrogen) atoms. The molecule has 0 unspecified atom stereocenters. The SMILES string of the molecule is CC(C)N1CCC12CC(C)(C)C2. The molecule has 2 aliphatic rings. The third-order valence-corrected chi connectivity index (χ3v) is 3.67. The summed E-state index contributed by atoms with van der Waals surface area (Å²) in [5.41, 5.74) is 1.28. The fraction of sp³-hybridized carbons (Fsp3) is 1.00. The van der Waals surface area contributed by atoms with Gasteiger partial charge in [0.05, 0.1) is 0 Å². The number of nitrogens with zero attached hydrogens (tertiary/aromatic N) is 1. The van der Waals surface area contributed by atoms with Crippen LogP contribution < -0.4 is 0 Å². The Kier molecular flexibility index (Phi) is 1.61. The lowest BCUT2D eigenvalue weighted by atomic mass is 9.54. The van der Waals surface area contributed by atoms with Crippen LogP contribution in [-0.2, 0) is 0 Å². The maximum atomic E-state index is 2.69. The second kappa shape index (κ2) is 2.25. The van der Waals surface area contributed by atoms with Gasteiger partial charge >= 0.3 is 0 Å². The highest BCUT2D eigenvalue weighted by molar-refractivity contribution is 5.12. The number of hydrogen-bond acceptors (Lipinski definition) is 1. The molecule has 1 aliphatic heterocycles. The van der Waals surface area contributed by atoms with Crippen LogP contribution in [0, 0.1) is 5.41 Å². The minimum atomic E-state index is 0.633. The summed E-state index contributed by atoms with van der Waals surface area (Å²) < 4.78 is 0. The number of likely N-dealkylation sites (tertiary alicyclic amines) is 1. The van der Waals surface area contributed by atoms with Crippen LogP contribution in [-0.4, -0.2) is 23.0 Å². The van der Waals surface area contributed by atoms with Gasteiger partial charge in [-0.05, 0) is 38.5 Å². The predicted molar refractivity (Wildman–Crippen MR) is 52.2 cm³/mol. The lowest BCUT2D eigenvalue weighted by Gasteiger charge is -2.66. The van der Waals surface area contributed by atoms with Gasteiger partial charge in [0.25, 0.3) is 0 Å². The molecule has 0 N–H and O–H groups in total. The van der Waals surface area contributed by atoms with E-state index in [4.69, 9.17) is 0 Å². The molecule has 0 aromatic heterocycles. The maximum absolute atomic E-state index is 2.69.